The normalized spacial score (nSPS) is 23.9. The average Bonchev–Trinajstić information content (AvgIpc) is 2.46. The molecule has 1 saturated carbocycles. The predicted molar refractivity (Wildman–Crippen MR) is 108 cm³/mol. The van der Waals surface area contributed by atoms with Crippen molar-refractivity contribution in [3.63, 3.8) is 0 Å². The zero-order chi connectivity index (χ0) is 16.2. The molecule has 0 aliphatic heterocycles. The third-order valence-corrected chi connectivity index (χ3v) is 11.8. The van der Waals surface area contributed by atoms with Gasteiger partial charge < -0.3 is 0 Å². The van der Waals surface area contributed by atoms with E-state index in [1.807, 2.05) is 0 Å². The van der Waals surface area contributed by atoms with Crippen LogP contribution < -0.4 is 0 Å². The van der Waals surface area contributed by atoms with Crippen LogP contribution in [0.5, 0.6) is 0 Å². The first-order valence-electron chi connectivity index (χ1n) is 9.45. The quantitative estimate of drug-likeness (QED) is 0.492. The first-order chi connectivity index (χ1) is 10.4. The van der Waals surface area contributed by atoms with Crippen molar-refractivity contribution >= 4 is 14.7 Å². The van der Waals surface area contributed by atoms with Gasteiger partial charge >= 0.3 is 140 Å². The molecule has 0 spiro atoms. The van der Waals surface area contributed by atoms with Gasteiger partial charge in [0.15, 0.2) is 0 Å². The Balaban J connectivity index is 2.01. The summed E-state index contributed by atoms with van der Waals surface area (Å²) in [6.45, 7) is 9.73. The van der Waals surface area contributed by atoms with Gasteiger partial charge in [0.25, 0.3) is 0 Å². The molecule has 1 aromatic rings. The zero-order valence-electron chi connectivity index (χ0n) is 15.4. The van der Waals surface area contributed by atoms with Gasteiger partial charge in [0.05, 0.1) is 0 Å². The van der Waals surface area contributed by atoms with E-state index in [1.54, 1.807) is 5.56 Å². The molecule has 0 heterocycles. The van der Waals surface area contributed by atoms with Crippen LogP contribution in [0.25, 0.3) is 0 Å². The van der Waals surface area contributed by atoms with Crippen LogP contribution in [0.3, 0.4) is 0 Å². The number of benzene rings is 1. The van der Waals surface area contributed by atoms with Gasteiger partial charge in [0, 0.05) is 0 Å². The molecular weight excluding hydrogens is 282 g/mol. The molecule has 124 valence electrons. The maximum absolute atomic E-state index is 2.72. The molecule has 1 fully saturated rings. The predicted octanol–water partition coefficient (Wildman–Crippen LogP) is 5.32. The molecule has 22 heavy (non-hydrogen) atoms. The van der Waals surface area contributed by atoms with Crippen molar-refractivity contribution in [2.75, 3.05) is 12.3 Å². The zero-order valence-corrected chi connectivity index (χ0v) is 16.4. The van der Waals surface area contributed by atoms with Gasteiger partial charge in [-0.25, -0.2) is 0 Å². The summed E-state index contributed by atoms with van der Waals surface area (Å²) < 4.78 is 0. The molecule has 0 N–H and O–H groups in total. The standard InChI is InChI=1S/C20H36BP/c1-16(2)14-22(21,15-17(3)4)20-12-10-19(11-13-20)18-8-6-5-7-9-18/h5-9,16-17,19-20,22H,10-15,21H2,1-4H3. The molecule has 2 heteroatoms. The van der Waals surface area contributed by atoms with Crippen LogP contribution in [-0.4, -0.2) is 25.5 Å². The van der Waals surface area contributed by atoms with E-state index in [2.05, 4.69) is 65.6 Å². The van der Waals surface area contributed by atoms with E-state index >= 15 is 0 Å². The van der Waals surface area contributed by atoms with Crippen molar-refractivity contribution in [2.45, 2.75) is 65.0 Å². The minimum absolute atomic E-state index is 0.828. The molecule has 0 bridgehead atoms. The van der Waals surface area contributed by atoms with Crippen LogP contribution in [0.15, 0.2) is 30.3 Å². The van der Waals surface area contributed by atoms with Crippen LogP contribution in [0, 0.1) is 11.8 Å². The van der Waals surface area contributed by atoms with Gasteiger partial charge in [0.2, 0.25) is 0 Å². The Morgan fingerprint density at radius 1 is 0.909 bits per heavy atom. The number of hydrogen-bond donors (Lipinski definition) is 0. The molecule has 2 rings (SSSR count). The third kappa shape index (κ3) is 4.85. The topological polar surface area (TPSA) is 0 Å². The molecule has 0 aromatic heterocycles. The molecular formula is C20H36BP. The van der Waals surface area contributed by atoms with Crippen LogP contribution in [0.2, 0.25) is 0 Å². The molecule has 1 aliphatic rings. The maximum atomic E-state index is 2.72. The molecule has 0 atom stereocenters. The monoisotopic (exact) mass is 318 g/mol. The van der Waals surface area contributed by atoms with Crippen LogP contribution in [0.1, 0.15) is 64.9 Å². The van der Waals surface area contributed by atoms with E-state index in [0.717, 1.165) is 23.4 Å². The first-order valence-corrected chi connectivity index (χ1v) is 12.4. The van der Waals surface area contributed by atoms with Gasteiger partial charge in [-0.05, 0) is 0 Å². The van der Waals surface area contributed by atoms with Crippen LogP contribution >= 0.6 is 7.14 Å². The van der Waals surface area contributed by atoms with E-state index in [-0.39, 0.29) is 0 Å². The summed E-state index contributed by atoms with van der Waals surface area (Å²) in [6, 6.07) is 11.2. The summed E-state index contributed by atoms with van der Waals surface area (Å²) in [7, 11) is 1.62. The van der Waals surface area contributed by atoms with Gasteiger partial charge in [0.1, 0.15) is 0 Å². The van der Waals surface area contributed by atoms with Gasteiger partial charge in [-0.1, -0.05) is 0 Å². The summed E-state index contributed by atoms with van der Waals surface area (Å²) in [6.07, 6.45) is 8.89. The van der Waals surface area contributed by atoms with E-state index in [4.69, 9.17) is 0 Å². The Kier molecular flexibility index (Phi) is 6.57. The Morgan fingerprint density at radius 2 is 1.41 bits per heavy atom. The van der Waals surface area contributed by atoms with Crippen LogP contribution in [0.4, 0.5) is 0 Å². The van der Waals surface area contributed by atoms with E-state index in [9.17, 15) is 0 Å². The second kappa shape index (κ2) is 8.00. The minimum atomic E-state index is -1.11. The average molecular weight is 318 g/mol. The summed E-state index contributed by atoms with van der Waals surface area (Å²) in [5.41, 5.74) is 2.65. The van der Waals surface area contributed by atoms with E-state index < -0.39 is 7.14 Å². The van der Waals surface area contributed by atoms with Crippen molar-refractivity contribution in [2.24, 2.45) is 11.8 Å². The molecule has 0 amide bonds. The van der Waals surface area contributed by atoms with Gasteiger partial charge in [-0.3, -0.25) is 0 Å². The summed E-state index contributed by atoms with van der Waals surface area (Å²) in [4.78, 5) is 0. The van der Waals surface area contributed by atoms with Crippen molar-refractivity contribution in [1.82, 2.24) is 0 Å². The summed E-state index contributed by atoms with van der Waals surface area (Å²) in [5, 5.41) is 0. The second-order valence-electron chi connectivity index (χ2n) is 8.81. The Morgan fingerprint density at radius 3 is 1.86 bits per heavy atom. The van der Waals surface area contributed by atoms with Crippen LogP contribution in [-0.2, 0) is 0 Å². The van der Waals surface area contributed by atoms with Crippen molar-refractivity contribution < 1.29 is 0 Å². The Hall–Kier alpha value is -0.285. The van der Waals surface area contributed by atoms with E-state index in [0.29, 0.717) is 0 Å². The fraction of sp³-hybridized carbons (Fsp3) is 0.700. The molecule has 0 radical (unpaired) electrons. The summed E-state index contributed by atoms with van der Waals surface area (Å²) >= 11 is 0. The SMILES string of the molecule is B[PH](CC(C)C)(CC(C)C)C1CCC(c2ccccc2)CC1. The summed E-state index contributed by atoms with van der Waals surface area (Å²) in [5.74, 6) is 2.58. The van der Waals surface area contributed by atoms with Crippen molar-refractivity contribution in [3.8, 4) is 0 Å². The molecule has 0 nitrogen and oxygen atoms in total. The third-order valence-electron chi connectivity index (χ3n) is 5.73. The molecule has 1 aliphatic carbocycles. The fourth-order valence-electron chi connectivity index (χ4n) is 5.13. The number of rotatable bonds is 6. The van der Waals surface area contributed by atoms with Gasteiger partial charge in [-0.2, -0.15) is 0 Å². The fourth-order valence-corrected chi connectivity index (χ4v) is 11.4. The Labute approximate surface area is 140 Å². The van der Waals surface area contributed by atoms with Crippen molar-refractivity contribution in [3.05, 3.63) is 35.9 Å². The van der Waals surface area contributed by atoms with Gasteiger partial charge in [-0.15, -0.1) is 0 Å². The second-order valence-corrected chi connectivity index (χ2v) is 13.8. The molecule has 0 unspecified atom stereocenters. The Bertz CT molecular complexity index is 422. The molecule has 0 saturated heterocycles. The van der Waals surface area contributed by atoms with E-state index in [1.165, 1.54) is 38.0 Å². The van der Waals surface area contributed by atoms with Crippen molar-refractivity contribution in [1.29, 1.82) is 0 Å². The first kappa shape index (κ1) is 18.1. The number of hydrogen-bond acceptors (Lipinski definition) is 0. The molecule has 1 aromatic carbocycles.